The Balaban J connectivity index is 2.26. The maximum absolute atomic E-state index is 10.9. The van der Waals surface area contributed by atoms with Crippen LogP contribution in [0.25, 0.3) is 17.0 Å². The average Bonchev–Trinajstić information content (AvgIpc) is 2.96. The topological polar surface area (TPSA) is 80.6 Å². The molecule has 17 heavy (non-hydrogen) atoms. The Labute approximate surface area is 95.1 Å². The SMILES string of the molecule is O=C(O)c1ccc2nnc(-c3ccoc3)n2c1. The van der Waals surface area contributed by atoms with Crippen LogP contribution < -0.4 is 0 Å². The maximum Gasteiger partial charge on any atom is 0.337 e. The molecule has 0 saturated heterocycles. The van der Waals surface area contributed by atoms with Gasteiger partial charge < -0.3 is 9.52 Å². The van der Waals surface area contributed by atoms with Gasteiger partial charge in [0.1, 0.15) is 6.26 Å². The van der Waals surface area contributed by atoms with E-state index in [0.29, 0.717) is 11.5 Å². The van der Waals surface area contributed by atoms with Crippen molar-refractivity contribution in [2.75, 3.05) is 0 Å². The summed E-state index contributed by atoms with van der Waals surface area (Å²) < 4.78 is 6.59. The minimum absolute atomic E-state index is 0.182. The normalized spacial score (nSPS) is 10.8. The molecule has 0 amide bonds. The van der Waals surface area contributed by atoms with Crippen LogP contribution in [0.3, 0.4) is 0 Å². The number of carbonyl (C=O) groups is 1. The van der Waals surface area contributed by atoms with E-state index in [0.717, 1.165) is 5.56 Å². The van der Waals surface area contributed by atoms with Crippen molar-refractivity contribution in [3.8, 4) is 11.4 Å². The van der Waals surface area contributed by atoms with Crippen molar-refractivity contribution < 1.29 is 14.3 Å². The molecule has 0 fully saturated rings. The van der Waals surface area contributed by atoms with E-state index in [2.05, 4.69) is 10.2 Å². The van der Waals surface area contributed by atoms with Crippen molar-refractivity contribution in [1.82, 2.24) is 14.6 Å². The lowest BCUT2D eigenvalue weighted by molar-refractivity contribution is 0.0696. The van der Waals surface area contributed by atoms with Gasteiger partial charge in [-0.3, -0.25) is 4.40 Å². The summed E-state index contributed by atoms with van der Waals surface area (Å²) in [6.07, 6.45) is 4.54. The molecule has 1 N–H and O–H groups in total. The lowest BCUT2D eigenvalue weighted by atomic mass is 10.2. The first kappa shape index (κ1) is 9.59. The summed E-state index contributed by atoms with van der Waals surface area (Å²) in [4.78, 5) is 10.9. The zero-order valence-corrected chi connectivity index (χ0v) is 8.57. The molecule has 6 nitrogen and oxygen atoms in total. The van der Waals surface area contributed by atoms with Gasteiger partial charge in [0.25, 0.3) is 0 Å². The van der Waals surface area contributed by atoms with Gasteiger partial charge in [0.05, 0.1) is 17.4 Å². The molecule has 0 unspecified atom stereocenters. The first-order valence-electron chi connectivity index (χ1n) is 4.86. The van der Waals surface area contributed by atoms with Crippen molar-refractivity contribution in [1.29, 1.82) is 0 Å². The predicted octanol–water partition coefficient (Wildman–Crippen LogP) is 1.69. The van der Waals surface area contributed by atoms with Crippen molar-refractivity contribution in [2.24, 2.45) is 0 Å². The molecule has 3 aromatic rings. The van der Waals surface area contributed by atoms with Gasteiger partial charge in [-0.2, -0.15) is 0 Å². The van der Waals surface area contributed by atoms with Gasteiger partial charge in [-0.1, -0.05) is 0 Å². The third kappa shape index (κ3) is 1.46. The van der Waals surface area contributed by atoms with Gasteiger partial charge in [-0.15, -0.1) is 10.2 Å². The van der Waals surface area contributed by atoms with E-state index in [9.17, 15) is 4.79 Å². The lowest BCUT2D eigenvalue weighted by Crippen LogP contribution is -1.99. The Kier molecular flexibility index (Phi) is 1.94. The second-order valence-corrected chi connectivity index (χ2v) is 3.49. The minimum atomic E-state index is -0.987. The van der Waals surface area contributed by atoms with E-state index in [1.54, 1.807) is 16.5 Å². The van der Waals surface area contributed by atoms with Crippen LogP contribution in [0.4, 0.5) is 0 Å². The van der Waals surface area contributed by atoms with E-state index in [-0.39, 0.29) is 5.56 Å². The van der Waals surface area contributed by atoms with Crippen LogP contribution in [-0.2, 0) is 0 Å². The first-order chi connectivity index (χ1) is 8.25. The highest BCUT2D eigenvalue weighted by Gasteiger charge is 2.11. The van der Waals surface area contributed by atoms with E-state index in [4.69, 9.17) is 9.52 Å². The number of aromatic carboxylic acids is 1. The maximum atomic E-state index is 10.9. The van der Waals surface area contributed by atoms with E-state index >= 15 is 0 Å². The molecule has 0 spiro atoms. The molecule has 0 aromatic carbocycles. The van der Waals surface area contributed by atoms with Gasteiger partial charge in [0.15, 0.2) is 11.5 Å². The number of furan rings is 1. The molecule has 0 aliphatic rings. The number of nitrogens with zero attached hydrogens (tertiary/aromatic N) is 3. The standard InChI is InChI=1S/C11H7N3O3/c15-11(16)7-1-2-9-12-13-10(14(9)5-7)8-3-4-17-6-8/h1-6H,(H,15,16). The Bertz CT molecular complexity index is 685. The van der Waals surface area contributed by atoms with E-state index in [1.165, 1.54) is 24.8 Å². The highest BCUT2D eigenvalue weighted by Crippen LogP contribution is 2.19. The van der Waals surface area contributed by atoms with Crippen LogP contribution in [0.1, 0.15) is 10.4 Å². The van der Waals surface area contributed by atoms with Gasteiger partial charge in [-0.05, 0) is 18.2 Å². The number of hydrogen-bond donors (Lipinski definition) is 1. The number of carboxylic acid groups (broad SMARTS) is 1. The molecule has 3 aromatic heterocycles. The predicted molar refractivity (Wildman–Crippen MR) is 57.6 cm³/mol. The summed E-state index contributed by atoms with van der Waals surface area (Å²) in [5.41, 5.74) is 1.52. The lowest BCUT2D eigenvalue weighted by Gasteiger charge is -1.98. The molecule has 84 valence electrons. The molecule has 0 saturated carbocycles. The van der Waals surface area contributed by atoms with Crippen LogP contribution >= 0.6 is 0 Å². The summed E-state index contributed by atoms with van der Waals surface area (Å²) in [7, 11) is 0. The van der Waals surface area contributed by atoms with Gasteiger partial charge in [0, 0.05) is 6.20 Å². The van der Waals surface area contributed by atoms with Crippen molar-refractivity contribution in [3.05, 3.63) is 42.5 Å². The average molecular weight is 229 g/mol. The third-order valence-corrected chi connectivity index (χ3v) is 2.43. The molecular formula is C11H7N3O3. The monoisotopic (exact) mass is 229 g/mol. The van der Waals surface area contributed by atoms with Crippen LogP contribution in [0.5, 0.6) is 0 Å². The second-order valence-electron chi connectivity index (χ2n) is 3.49. The van der Waals surface area contributed by atoms with Crippen LogP contribution in [0.2, 0.25) is 0 Å². The molecule has 0 atom stereocenters. The van der Waals surface area contributed by atoms with Crippen LogP contribution in [0.15, 0.2) is 41.3 Å². The molecule has 0 radical (unpaired) electrons. The number of pyridine rings is 1. The Morgan fingerprint density at radius 3 is 2.88 bits per heavy atom. The summed E-state index contributed by atoms with van der Waals surface area (Å²) >= 11 is 0. The summed E-state index contributed by atoms with van der Waals surface area (Å²) in [6, 6.07) is 4.84. The number of fused-ring (bicyclic) bond motifs is 1. The molecule has 0 bridgehead atoms. The van der Waals surface area contributed by atoms with Gasteiger partial charge in [0.2, 0.25) is 0 Å². The van der Waals surface area contributed by atoms with Gasteiger partial charge >= 0.3 is 5.97 Å². The number of carboxylic acids is 1. The molecule has 3 heterocycles. The highest BCUT2D eigenvalue weighted by atomic mass is 16.4. The Hall–Kier alpha value is -2.63. The second kappa shape index (κ2) is 3.44. The fraction of sp³-hybridized carbons (Fsp3) is 0. The molecule has 3 rings (SSSR count). The molecule has 0 aliphatic heterocycles. The molecule has 6 heteroatoms. The van der Waals surface area contributed by atoms with Crippen LogP contribution in [0, 0.1) is 0 Å². The zero-order valence-electron chi connectivity index (χ0n) is 8.57. The first-order valence-corrected chi connectivity index (χ1v) is 4.86. The number of rotatable bonds is 2. The fourth-order valence-corrected chi connectivity index (χ4v) is 1.61. The Morgan fingerprint density at radius 2 is 2.18 bits per heavy atom. The van der Waals surface area contributed by atoms with Gasteiger partial charge in [-0.25, -0.2) is 4.79 Å². The van der Waals surface area contributed by atoms with Crippen LogP contribution in [-0.4, -0.2) is 25.7 Å². The summed E-state index contributed by atoms with van der Waals surface area (Å²) in [5.74, 6) is -0.435. The fourth-order valence-electron chi connectivity index (χ4n) is 1.61. The molecule has 0 aliphatic carbocycles. The smallest absolute Gasteiger partial charge is 0.337 e. The third-order valence-electron chi connectivity index (χ3n) is 2.43. The number of hydrogen-bond acceptors (Lipinski definition) is 4. The highest BCUT2D eigenvalue weighted by molar-refractivity contribution is 5.87. The zero-order chi connectivity index (χ0) is 11.8. The Morgan fingerprint density at radius 1 is 1.29 bits per heavy atom. The van der Waals surface area contributed by atoms with Crippen molar-refractivity contribution >= 4 is 11.6 Å². The van der Waals surface area contributed by atoms with Crippen molar-refractivity contribution in [3.63, 3.8) is 0 Å². The van der Waals surface area contributed by atoms with Crippen molar-refractivity contribution in [2.45, 2.75) is 0 Å². The summed E-state index contributed by atoms with van der Waals surface area (Å²) in [5, 5.41) is 16.9. The van der Waals surface area contributed by atoms with E-state index < -0.39 is 5.97 Å². The minimum Gasteiger partial charge on any atom is -0.478 e. The quantitative estimate of drug-likeness (QED) is 0.723. The number of aromatic nitrogens is 3. The molecular weight excluding hydrogens is 222 g/mol. The summed E-state index contributed by atoms with van der Waals surface area (Å²) in [6.45, 7) is 0. The van der Waals surface area contributed by atoms with E-state index in [1.807, 2.05) is 0 Å². The largest absolute Gasteiger partial charge is 0.478 e.